The van der Waals surface area contributed by atoms with E-state index in [4.69, 9.17) is 30.5 Å². The van der Waals surface area contributed by atoms with Crippen molar-refractivity contribution in [1.29, 1.82) is 10.5 Å². The minimum Gasteiger partial charge on any atom is -0.480 e. The average Bonchev–Trinajstić information content (AvgIpc) is 3.23. The van der Waals surface area contributed by atoms with Crippen LogP contribution in [-0.4, -0.2) is 104 Å². The number of ether oxygens (including phenoxy) is 4. The quantitative estimate of drug-likeness (QED) is 0.153. The van der Waals surface area contributed by atoms with Crippen LogP contribution in [0.4, 0.5) is 16.0 Å². The van der Waals surface area contributed by atoms with Crippen LogP contribution in [0.15, 0.2) is 60.7 Å². The summed E-state index contributed by atoms with van der Waals surface area (Å²) in [5.74, 6) is -5.49. The van der Waals surface area contributed by atoms with E-state index in [9.17, 15) is 50.9 Å². The first-order valence-corrected chi connectivity index (χ1v) is 23.4. The maximum Gasteiger partial charge on any atom is 0.343 e. The SMILES string of the molecule is CCOC(=O)c1cc(C#N)c(N2CC(C(=O)NS(=O)(=O)Cc3ccccc3Cl)C2)nc1OC.CCOC(=O)c1cc(C#N)c(N2CC(C(=O)NS(=O)(=O)Cc3ccccc3F)C2)nc1OC. The van der Waals surface area contributed by atoms with Gasteiger partial charge in [0.1, 0.15) is 29.1 Å². The second-order valence-electron chi connectivity index (χ2n) is 14.3. The second-order valence-corrected chi connectivity index (χ2v) is 18.2. The first-order chi connectivity index (χ1) is 31.4. The number of methoxy groups -OCH3 is 2. The van der Waals surface area contributed by atoms with Crippen LogP contribution in [0.5, 0.6) is 11.8 Å². The smallest absolute Gasteiger partial charge is 0.343 e. The number of nitrogens with one attached hydrogen (secondary N) is 2. The van der Waals surface area contributed by atoms with Crippen molar-refractivity contribution in [2.24, 2.45) is 11.8 Å². The van der Waals surface area contributed by atoms with Crippen LogP contribution in [0.25, 0.3) is 0 Å². The lowest BCUT2D eigenvalue weighted by molar-refractivity contribution is -0.124. The number of pyridine rings is 2. The highest BCUT2D eigenvalue weighted by Crippen LogP contribution is 2.33. The van der Waals surface area contributed by atoms with E-state index < -0.39 is 73.0 Å². The van der Waals surface area contributed by atoms with Crippen LogP contribution in [0, 0.1) is 40.3 Å². The van der Waals surface area contributed by atoms with Gasteiger partial charge in [0.25, 0.3) is 0 Å². The van der Waals surface area contributed by atoms with Gasteiger partial charge in [0.2, 0.25) is 43.6 Å². The van der Waals surface area contributed by atoms with Gasteiger partial charge in [-0.3, -0.25) is 19.0 Å². The van der Waals surface area contributed by atoms with Gasteiger partial charge in [-0.15, -0.1) is 0 Å². The van der Waals surface area contributed by atoms with Crippen molar-refractivity contribution >= 4 is 67.0 Å². The number of carbonyl (C=O) groups is 4. The highest BCUT2D eigenvalue weighted by Gasteiger charge is 2.39. The van der Waals surface area contributed by atoms with Gasteiger partial charge in [-0.1, -0.05) is 48.0 Å². The van der Waals surface area contributed by atoms with Gasteiger partial charge < -0.3 is 28.7 Å². The lowest BCUT2D eigenvalue weighted by Crippen LogP contribution is -2.55. The third-order valence-corrected chi connectivity index (χ3v) is 12.6. The van der Waals surface area contributed by atoms with E-state index in [-0.39, 0.29) is 90.6 Å². The van der Waals surface area contributed by atoms with Crippen LogP contribution < -0.4 is 28.7 Å². The molecule has 2 aromatic carbocycles. The van der Waals surface area contributed by atoms with E-state index in [1.165, 1.54) is 44.6 Å². The first kappa shape index (κ1) is 49.9. The summed E-state index contributed by atoms with van der Waals surface area (Å²) in [5.41, 5.74) is 0.513. The maximum absolute atomic E-state index is 13.7. The molecule has 2 saturated heterocycles. The second kappa shape index (κ2) is 21.7. The summed E-state index contributed by atoms with van der Waals surface area (Å²) in [5, 5.41) is 19.3. The van der Waals surface area contributed by atoms with Crippen molar-refractivity contribution in [3.8, 4) is 23.9 Å². The zero-order valence-electron chi connectivity index (χ0n) is 35.7. The molecule has 0 radical (unpaired) electrons. The van der Waals surface area contributed by atoms with Crippen molar-refractivity contribution in [1.82, 2.24) is 19.4 Å². The van der Waals surface area contributed by atoms with Gasteiger partial charge in [0.15, 0.2) is 11.6 Å². The third-order valence-electron chi connectivity index (χ3n) is 9.78. The highest BCUT2D eigenvalue weighted by molar-refractivity contribution is 7.89. The number of carbonyl (C=O) groups excluding carboxylic acids is 4. The Hall–Kier alpha value is -7.08. The Morgan fingerprint density at radius 1 is 0.712 bits per heavy atom. The number of rotatable bonds is 16. The van der Waals surface area contributed by atoms with E-state index in [0.717, 1.165) is 6.07 Å². The molecule has 20 nitrogen and oxygen atoms in total. The summed E-state index contributed by atoms with van der Waals surface area (Å²) in [4.78, 5) is 60.7. The fourth-order valence-corrected chi connectivity index (χ4v) is 9.14. The molecule has 0 atom stereocenters. The van der Waals surface area contributed by atoms with Crippen LogP contribution in [0.3, 0.4) is 0 Å². The fraction of sp³-hybridized carbons (Fsp3) is 0.333. The largest absolute Gasteiger partial charge is 0.480 e. The Kier molecular flexibility index (Phi) is 16.4. The lowest BCUT2D eigenvalue weighted by atomic mass is 9.98. The third kappa shape index (κ3) is 12.2. The molecule has 6 rings (SSSR count). The molecule has 4 heterocycles. The monoisotopic (exact) mass is 968 g/mol. The Balaban J connectivity index is 0.000000247. The molecule has 24 heteroatoms. The van der Waals surface area contributed by atoms with Gasteiger partial charge in [0, 0.05) is 36.8 Å². The molecule has 0 unspecified atom stereocenters. The average molecular weight is 969 g/mol. The van der Waals surface area contributed by atoms with Crippen molar-refractivity contribution in [3.05, 3.63) is 105 Å². The van der Waals surface area contributed by atoms with Crippen LogP contribution in [0.2, 0.25) is 5.02 Å². The number of esters is 2. The molecule has 4 aromatic rings. The summed E-state index contributed by atoms with van der Waals surface area (Å²) < 4.78 is 87.3. The zero-order chi connectivity index (χ0) is 48.3. The molecule has 0 spiro atoms. The minimum atomic E-state index is -4.10. The van der Waals surface area contributed by atoms with Gasteiger partial charge in [0.05, 0.1) is 61.9 Å². The van der Waals surface area contributed by atoms with Gasteiger partial charge >= 0.3 is 11.9 Å². The summed E-state index contributed by atoms with van der Waals surface area (Å²) in [6, 6.07) is 18.4. The molecule has 2 aliphatic heterocycles. The van der Waals surface area contributed by atoms with E-state index in [1.54, 1.807) is 47.9 Å². The Bertz CT molecular complexity index is 2640. The van der Waals surface area contributed by atoms with E-state index in [0.29, 0.717) is 10.6 Å². The standard InChI is InChI=1S/C21H21ClN4O6S.C21H21FN4O6S/c2*1-3-32-21(28)16-8-14(9-23)18(24-20(16)31-2)26-10-15(11-26)19(27)25-33(29,30)12-13-6-4-5-7-17(13)22/h2*4-8,15H,3,10-12H2,1-2H3,(H,25,27). The van der Waals surface area contributed by atoms with E-state index in [1.807, 2.05) is 16.9 Å². The van der Waals surface area contributed by atoms with Gasteiger partial charge in [-0.25, -0.2) is 30.8 Å². The molecule has 2 fully saturated rings. The number of benzene rings is 2. The molecular weight excluding hydrogens is 927 g/mol. The number of anilines is 2. The number of hydrogen-bond acceptors (Lipinski definition) is 18. The predicted octanol–water partition coefficient (Wildman–Crippen LogP) is 3.23. The van der Waals surface area contributed by atoms with Gasteiger partial charge in [-0.2, -0.15) is 20.5 Å². The Morgan fingerprint density at radius 2 is 1.11 bits per heavy atom. The molecule has 348 valence electrons. The molecule has 0 saturated carbocycles. The normalized spacial score (nSPS) is 13.6. The van der Waals surface area contributed by atoms with Gasteiger partial charge in [-0.05, 0) is 43.7 Å². The van der Waals surface area contributed by atoms with Crippen LogP contribution >= 0.6 is 11.6 Å². The van der Waals surface area contributed by atoms with Crippen molar-refractivity contribution in [3.63, 3.8) is 0 Å². The summed E-state index contributed by atoms with van der Waals surface area (Å²) in [7, 11) is -5.40. The van der Waals surface area contributed by atoms with Crippen LogP contribution in [0.1, 0.15) is 56.8 Å². The summed E-state index contributed by atoms with van der Waals surface area (Å²) >= 11 is 6.00. The van der Waals surface area contributed by atoms with Crippen molar-refractivity contribution in [2.75, 3.05) is 63.4 Å². The number of sulfonamides is 2. The summed E-state index contributed by atoms with van der Waals surface area (Å²) in [6.07, 6.45) is 0. The highest BCUT2D eigenvalue weighted by atomic mass is 35.5. The number of aromatic nitrogens is 2. The minimum absolute atomic E-state index is 0.00583. The van der Waals surface area contributed by atoms with Crippen molar-refractivity contribution in [2.45, 2.75) is 25.4 Å². The lowest BCUT2D eigenvalue weighted by Gasteiger charge is -2.39. The number of hydrogen-bond donors (Lipinski definition) is 2. The van der Waals surface area contributed by atoms with Crippen LogP contribution in [-0.2, 0) is 50.6 Å². The molecule has 2 N–H and O–H groups in total. The first-order valence-electron chi connectivity index (χ1n) is 19.8. The molecular formula is C42H42ClFN8O12S2. The van der Waals surface area contributed by atoms with E-state index >= 15 is 0 Å². The molecule has 2 amide bonds. The number of amides is 2. The Morgan fingerprint density at radius 3 is 1.48 bits per heavy atom. The molecule has 2 aliphatic rings. The fourth-order valence-electron chi connectivity index (χ4n) is 6.46. The summed E-state index contributed by atoms with van der Waals surface area (Å²) in [6.45, 7) is 4.02. The number of nitriles is 2. The van der Waals surface area contributed by atoms with Crippen molar-refractivity contribution < 1.29 is 59.4 Å². The molecule has 0 bridgehead atoms. The maximum atomic E-state index is 13.7. The topological polar surface area (TPSA) is 277 Å². The number of nitrogens with zero attached hydrogens (tertiary/aromatic N) is 6. The predicted molar refractivity (Wildman–Crippen MR) is 234 cm³/mol. The molecule has 2 aromatic heterocycles. The Labute approximate surface area is 384 Å². The zero-order valence-corrected chi connectivity index (χ0v) is 38.1. The molecule has 66 heavy (non-hydrogen) atoms. The number of halogens is 2. The molecule has 0 aliphatic carbocycles. The van der Waals surface area contributed by atoms with E-state index in [2.05, 4.69) is 14.7 Å².